The summed E-state index contributed by atoms with van der Waals surface area (Å²) in [5, 5.41) is 0.927. The summed E-state index contributed by atoms with van der Waals surface area (Å²) in [5.74, 6) is 0. The highest BCUT2D eigenvalue weighted by atomic mass is 79.9. The normalized spacial score (nSPS) is 17.5. The van der Waals surface area contributed by atoms with Gasteiger partial charge in [0.15, 0.2) is 0 Å². The topological polar surface area (TPSA) is 12.5 Å². The minimum Gasteiger partial charge on any atom is -0.380 e. The van der Waals surface area contributed by atoms with E-state index in [-0.39, 0.29) is 0 Å². The number of nitrogens with zero attached hydrogens (tertiary/aromatic N) is 1. The first-order valence-electron chi connectivity index (χ1n) is 5.38. The van der Waals surface area contributed by atoms with Gasteiger partial charge < -0.3 is 9.64 Å². The molecule has 1 aromatic carbocycles. The van der Waals surface area contributed by atoms with Crippen LogP contribution in [0.3, 0.4) is 0 Å². The van der Waals surface area contributed by atoms with Crippen LogP contribution in [0.15, 0.2) is 24.3 Å². The van der Waals surface area contributed by atoms with Gasteiger partial charge in [-0.05, 0) is 24.1 Å². The lowest BCUT2D eigenvalue weighted by Crippen LogP contribution is -2.25. The maximum atomic E-state index is 5.44. The van der Waals surface area contributed by atoms with E-state index in [4.69, 9.17) is 4.74 Å². The van der Waals surface area contributed by atoms with Crippen LogP contribution in [-0.4, -0.2) is 26.3 Å². The largest absolute Gasteiger partial charge is 0.380 e. The predicted molar refractivity (Wildman–Crippen MR) is 66.7 cm³/mol. The fourth-order valence-corrected chi connectivity index (χ4v) is 2.17. The van der Waals surface area contributed by atoms with Crippen LogP contribution in [0.2, 0.25) is 0 Å². The molecule has 1 heterocycles. The molecule has 82 valence electrons. The molecule has 0 aliphatic carbocycles. The molecule has 0 radical (unpaired) electrons. The molecule has 2 nitrogen and oxygen atoms in total. The minimum absolute atomic E-state index is 0.847. The van der Waals surface area contributed by atoms with E-state index >= 15 is 0 Å². The smallest absolute Gasteiger partial charge is 0.0641 e. The summed E-state index contributed by atoms with van der Waals surface area (Å²) in [6, 6.07) is 8.75. The summed E-state index contributed by atoms with van der Waals surface area (Å²) in [7, 11) is 0. The van der Waals surface area contributed by atoms with Crippen LogP contribution in [0.25, 0.3) is 0 Å². The monoisotopic (exact) mass is 269 g/mol. The molecule has 0 bridgehead atoms. The Bertz CT molecular complexity index is 291. The van der Waals surface area contributed by atoms with E-state index in [9.17, 15) is 0 Å². The molecule has 1 saturated heterocycles. The Kier molecular flexibility index (Phi) is 4.03. The second-order valence-corrected chi connectivity index (χ2v) is 4.31. The molecule has 3 heteroatoms. The van der Waals surface area contributed by atoms with Crippen molar-refractivity contribution in [3.05, 3.63) is 29.8 Å². The summed E-state index contributed by atoms with van der Waals surface area (Å²) in [4.78, 5) is 2.39. The van der Waals surface area contributed by atoms with Crippen LogP contribution in [0.1, 0.15) is 12.0 Å². The van der Waals surface area contributed by atoms with Crippen LogP contribution >= 0.6 is 15.9 Å². The van der Waals surface area contributed by atoms with Gasteiger partial charge in [0, 0.05) is 30.7 Å². The molecule has 0 aromatic heterocycles. The molecule has 0 N–H and O–H groups in total. The highest BCUT2D eigenvalue weighted by molar-refractivity contribution is 9.08. The zero-order chi connectivity index (χ0) is 10.5. The molecule has 1 aliphatic rings. The molecule has 1 aromatic rings. The van der Waals surface area contributed by atoms with Gasteiger partial charge in [-0.25, -0.2) is 0 Å². The van der Waals surface area contributed by atoms with Crippen molar-refractivity contribution in [2.24, 2.45) is 0 Å². The summed E-state index contributed by atoms with van der Waals surface area (Å²) in [6.45, 7) is 3.86. The van der Waals surface area contributed by atoms with Crippen molar-refractivity contribution in [2.75, 3.05) is 31.2 Å². The van der Waals surface area contributed by atoms with Gasteiger partial charge in [0.1, 0.15) is 0 Å². The van der Waals surface area contributed by atoms with Gasteiger partial charge in [0.25, 0.3) is 0 Å². The predicted octanol–water partition coefficient (Wildman–Crippen LogP) is 2.81. The molecule has 0 unspecified atom stereocenters. The van der Waals surface area contributed by atoms with Crippen LogP contribution in [0.4, 0.5) is 5.69 Å². The number of alkyl halides is 1. The lowest BCUT2D eigenvalue weighted by atomic mass is 10.2. The molecule has 0 atom stereocenters. The third-order valence-corrected chi connectivity index (χ3v) is 3.33. The fraction of sp³-hybridized carbons (Fsp3) is 0.500. The quantitative estimate of drug-likeness (QED) is 0.766. The van der Waals surface area contributed by atoms with Gasteiger partial charge in [-0.1, -0.05) is 28.1 Å². The lowest BCUT2D eigenvalue weighted by Gasteiger charge is -2.21. The molecule has 0 amide bonds. The third-order valence-electron chi connectivity index (χ3n) is 2.68. The third kappa shape index (κ3) is 2.95. The van der Waals surface area contributed by atoms with E-state index in [1.165, 1.54) is 11.3 Å². The number of rotatable bonds is 2. The molecule has 2 rings (SSSR count). The summed E-state index contributed by atoms with van der Waals surface area (Å²) < 4.78 is 5.44. The fourth-order valence-electron chi connectivity index (χ4n) is 1.80. The first-order valence-corrected chi connectivity index (χ1v) is 6.50. The van der Waals surface area contributed by atoms with E-state index in [1.807, 2.05) is 0 Å². The minimum atomic E-state index is 0.847. The molecular weight excluding hydrogens is 254 g/mol. The second kappa shape index (κ2) is 5.52. The first-order chi connectivity index (χ1) is 7.40. The Balaban J connectivity index is 2.06. The van der Waals surface area contributed by atoms with E-state index in [1.54, 1.807) is 0 Å². The van der Waals surface area contributed by atoms with Crippen molar-refractivity contribution in [1.29, 1.82) is 0 Å². The average Bonchev–Trinajstić information content (AvgIpc) is 2.58. The summed E-state index contributed by atoms with van der Waals surface area (Å²) >= 11 is 3.46. The summed E-state index contributed by atoms with van der Waals surface area (Å²) in [6.07, 6.45) is 1.13. The van der Waals surface area contributed by atoms with Crippen molar-refractivity contribution in [3.8, 4) is 0 Å². The highest BCUT2D eigenvalue weighted by Crippen LogP contribution is 2.17. The van der Waals surface area contributed by atoms with Crippen LogP contribution < -0.4 is 4.90 Å². The van der Waals surface area contributed by atoms with Crippen LogP contribution in [0, 0.1) is 0 Å². The van der Waals surface area contributed by atoms with Gasteiger partial charge in [-0.15, -0.1) is 0 Å². The van der Waals surface area contributed by atoms with E-state index < -0.39 is 0 Å². The van der Waals surface area contributed by atoms with Gasteiger partial charge >= 0.3 is 0 Å². The molecule has 1 aliphatic heterocycles. The van der Waals surface area contributed by atoms with Crippen molar-refractivity contribution in [3.63, 3.8) is 0 Å². The Morgan fingerprint density at radius 1 is 1.13 bits per heavy atom. The number of ether oxygens (including phenoxy) is 1. The number of hydrogen-bond donors (Lipinski definition) is 0. The second-order valence-electron chi connectivity index (χ2n) is 3.75. The standard InChI is InChI=1S/C12H16BrNO/c13-10-11-2-4-12(5-3-11)14-6-1-8-15-9-7-14/h2-5H,1,6-10H2. The average molecular weight is 270 g/mol. The van der Waals surface area contributed by atoms with Gasteiger partial charge in [0.05, 0.1) is 6.61 Å². The van der Waals surface area contributed by atoms with Crippen molar-refractivity contribution in [2.45, 2.75) is 11.8 Å². The van der Waals surface area contributed by atoms with Crippen molar-refractivity contribution >= 4 is 21.6 Å². The van der Waals surface area contributed by atoms with Crippen LogP contribution in [-0.2, 0) is 10.1 Å². The number of hydrogen-bond acceptors (Lipinski definition) is 2. The Morgan fingerprint density at radius 2 is 1.93 bits per heavy atom. The van der Waals surface area contributed by atoms with Crippen LogP contribution in [0.5, 0.6) is 0 Å². The van der Waals surface area contributed by atoms with E-state index in [2.05, 4.69) is 45.1 Å². The molecule has 0 spiro atoms. The Morgan fingerprint density at radius 3 is 2.67 bits per heavy atom. The number of anilines is 1. The van der Waals surface area contributed by atoms with Gasteiger partial charge in [0.2, 0.25) is 0 Å². The first kappa shape index (κ1) is 11.0. The zero-order valence-electron chi connectivity index (χ0n) is 8.79. The Hall–Kier alpha value is -0.540. The zero-order valence-corrected chi connectivity index (χ0v) is 10.4. The maximum absolute atomic E-state index is 5.44. The molecule has 1 fully saturated rings. The molecular formula is C12H16BrNO. The van der Waals surface area contributed by atoms with E-state index in [0.29, 0.717) is 0 Å². The number of benzene rings is 1. The highest BCUT2D eigenvalue weighted by Gasteiger charge is 2.09. The van der Waals surface area contributed by atoms with Gasteiger partial charge in [-0.3, -0.25) is 0 Å². The van der Waals surface area contributed by atoms with Crippen molar-refractivity contribution in [1.82, 2.24) is 0 Å². The molecule has 15 heavy (non-hydrogen) atoms. The maximum Gasteiger partial charge on any atom is 0.0641 e. The van der Waals surface area contributed by atoms with Crippen molar-refractivity contribution < 1.29 is 4.74 Å². The molecule has 0 saturated carbocycles. The number of halogens is 1. The lowest BCUT2D eigenvalue weighted by molar-refractivity contribution is 0.152. The Labute approximate surface area is 99.4 Å². The summed E-state index contributed by atoms with van der Waals surface area (Å²) in [5.41, 5.74) is 2.63. The van der Waals surface area contributed by atoms with Gasteiger partial charge in [-0.2, -0.15) is 0 Å². The SMILES string of the molecule is BrCc1ccc(N2CCCOCC2)cc1. The van der Waals surface area contributed by atoms with E-state index in [0.717, 1.165) is 38.1 Å².